The van der Waals surface area contributed by atoms with Gasteiger partial charge in [0.05, 0.1) is 11.9 Å². The van der Waals surface area contributed by atoms with Gasteiger partial charge in [0, 0.05) is 78.8 Å². The second-order valence-electron chi connectivity index (χ2n) is 8.42. The molecule has 9 nitrogen and oxygen atoms in total. The summed E-state index contributed by atoms with van der Waals surface area (Å²) in [4.78, 5) is 41.2. The number of hydrogen-bond donors (Lipinski definition) is 0. The van der Waals surface area contributed by atoms with Gasteiger partial charge >= 0.3 is 6.03 Å². The molecule has 1 unspecified atom stereocenters. The fourth-order valence-corrected chi connectivity index (χ4v) is 4.21. The van der Waals surface area contributed by atoms with Crippen LogP contribution in [0.2, 0.25) is 0 Å². The number of carbonyl (C=O) groups is 2. The number of rotatable bonds is 6. The third kappa shape index (κ3) is 5.46. The van der Waals surface area contributed by atoms with Crippen LogP contribution >= 0.6 is 0 Å². The van der Waals surface area contributed by atoms with E-state index in [1.165, 1.54) is 6.20 Å². The van der Waals surface area contributed by atoms with Gasteiger partial charge in [-0.05, 0) is 26.2 Å². The Hall–Kier alpha value is -2.26. The largest absolute Gasteiger partial charge is 0.381 e. The van der Waals surface area contributed by atoms with Gasteiger partial charge in [0.25, 0.3) is 5.91 Å². The highest BCUT2D eigenvalue weighted by atomic mass is 16.5. The van der Waals surface area contributed by atoms with Gasteiger partial charge in [-0.1, -0.05) is 0 Å². The molecule has 0 N–H and O–H groups in total. The molecule has 0 aromatic carbocycles. The maximum atomic E-state index is 12.7. The molecule has 166 valence electrons. The molecule has 2 aliphatic heterocycles. The van der Waals surface area contributed by atoms with Crippen molar-refractivity contribution in [1.29, 1.82) is 0 Å². The van der Waals surface area contributed by atoms with E-state index >= 15 is 0 Å². The van der Waals surface area contributed by atoms with E-state index in [1.54, 1.807) is 30.1 Å². The van der Waals surface area contributed by atoms with Crippen LogP contribution < -0.4 is 0 Å². The van der Waals surface area contributed by atoms with Crippen molar-refractivity contribution >= 4 is 11.9 Å². The minimum atomic E-state index is -0.120. The Labute approximate surface area is 179 Å². The number of ether oxygens (including phenoxy) is 1. The molecule has 1 aromatic heterocycles. The minimum absolute atomic E-state index is 0.0645. The zero-order valence-electron chi connectivity index (χ0n) is 18.6. The van der Waals surface area contributed by atoms with Crippen LogP contribution in [0.25, 0.3) is 0 Å². The zero-order valence-corrected chi connectivity index (χ0v) is 18.6. The third-order valence-corrected chi connectivity index (χ3v) is 5.99. The summed E-state index contributed by atoms with van der Waals surface area (Å²) in [6.45, 7) is 6.25. The monoisotopic (exact) mass is 418 g/mol. The molecular formula is C21H34N6O3. The predicted molar refractivity (Wildman–Crippen MR) is 113 cm³/mol. The number of likely N-dealkylation sites (N-methyl/N-ethyl adjacent to an activating group) is 1. The Morgan fingerprint density at radius 1 is 1.07 bits per heavy atom. The van der Waals surface area contributed by atoms with Crippen LogP contribution in [0.1, 0.15) is 35.4 Å². The summed E-state index contributed by atoms with van der Waals surface area (Å²) in [5, 5.41) is 0. The standard InChI is InChI=1S/C21H34N6O3/c1-16-13-23-19(14-22-16)20(28)25(4)9-10-27(17-6-11-30-12-7-17)18-5-8-26(15-18)21(29)24(2)3/h13-14,17-18H,5-12,15H2,1-4H3. The number of urea groups is 1. The van der Waals surface area contributed by atoms with E-state index in [0.29, 0.717) is 24.3 Å². The van der Waals surface area contributed by atoms with E-state index in [9.17, 15) is 9.59 Å². The van der Waals surface area contributed by atoms with Crippen molar-refractivity contribution in [3.63, 3.8) is 0 Å². The minimum Gasteiger partial charge on any atom is -0.381 e. The summed E-state index contributed by atoms with van der Waals surface area (Å²) >= 11 is 0. The second kappa shape index (κ2) is 10.2. The average Bonchev–Trinajstić information content (AvgIpc) is 3.23. The maximum absolute atomic E-state index is 12.7. The first-order valence-electron chi connectivity index (χ1n) is 10.7. The van der Waals surface area contributed by atoms with E-state index in [2.05, 4.69) is 14.9 Å². The van der Waals surface area contributed by atoms with Crippen molar-refractivity contribution in [1.82, 2.24) is 29.6 Å². The maximum Gasteiger partial charge on any atom is 0.319 e. The lowest BCUT2D eigenvalue weighted by Gasteiger charge is -2.39. The van der Waals surface area contributed by atoms with Crippen molar-refractivity contribution in [2.75, 3.05) is 60.5 Å². The van der Waals surface area contributed by atoms with E-state index in [-0.39, 0.29) is 11.9 Å². The van der Waals surface area contributed by atoms with Crippen LogP contribution in [-0.2, 0) is 4.74 Å². The lowest BCUT2D eigenvalue weighted by molar-refractivity contribution is 0.0151. The molecule has 2 fully saturated rings. The fraction of sp³-hybridized carbons (Fsp3) is 0.714. The van der Waals surface area contributed by atoms with Gasteiger partial charge in [-0.15, -0.1) is 0 Å². The van der Waals surface area contributed by atoms with Gasteiger partial charge < -0.3 is 19.4 Å². The highest BCUT2D eigenvalue weighted by molar-refractivity contribution is 5.91. The molecule has 0 saturated carbocycles. The first kappa shape index (κ1) is 22.4. The summed E-state index contributed by atoms with van der Waals surface area (Å²) in [6.07, 6.45) is 6.08. The van der Waals surface area contributed by atoms with Crippen LogP contribution in [0, 0.1) is 6.92 Å². The number of aryl methyl sites for hydroxylation is 1. The summed E-state index contributed by atoms with van der Waals surface area (Å²) in [5.74, 6) is -0.120. The molecule has 2 aliphatic rings. The lowest BCUT2D eigenvalue weighted by Crippen LogP contribution is -2.50. The van der Waals surface area contributed by atoms with E-state index in [1.807, 2.05) is 18.9 Å². The van der Waals surface area contributed by atoms with E-state index in [4.69, 9.17) is 4.74 Å². The van der Waals surface area contributed by atoms with Crippen molar-refractivity contribution in [2.45, 2.75) is 38.3 Å². The SMILES string of the molecule is Cc1cnc(C(=O)N(C)CCN(C2CCOCC2)C2CCN(C(=O)N(C)C)C2)cn1. The van der Waals surface area contributed by atoms with Gasteiger partial charge in [-0.25, -0.2) is 9.78 Å². The molecule has 0 spiro atoms. The molecule has 0 aliphatic carbocycles. The number of nitrogens with zero attached hydrogens (tertiary/aromatic N) is 6. The van der Waals surface area contributed by atoms with Gasteiger partial charge in [0.1, 0.15) is 5.69 Å². The highest BCUT2D eigenvalue weighted by Crippen LogP contribution is 2.23. The summed E-state index contributed by atoms with van der Waals surface area (Å²) in [7, 11) is 5.39. The molecule has 1 atom stereocenters. The van der Waals surface area contributed by atoms with Gasteiger partial charge in [0.15, 0.2) is 0 Å². The molecule has 0 radical (unpaired) electrons. The molecule has 3 heterocycles. The molecule has 30 heavy (non-hydrogen) atoms. The third-order valence-electron chi connectivity index (χ3n) is 5.99. The quantitative estimate of drug-likeness (QED) is 0.688. The molecule has 3 amide bonds. The number of likely N-dealkylation sites (tertiary alicyclic amines) is 1. The van der Waals surface area contributed by atoms with Gasteiger partial charge in [-0.3, -0.25) is 14.7 Å². The van der Waals surface area contributed by atoms with Gasteiger partial charge in [0.2, 0.25) is 0 Å². The average molecular weight is 419 g/mol. The molecule has 3 rings (SSSR count). The van der Waals surface area contributed by atoms with Crippen LogP contribution in [0.3, 0.4) is 0 Å². The fourth-order valence-electron chi connectivity index (χ4n) is 4.21. The Kier molecular flexibility index (Phi) is 7.60. The Balaban J connectivity index is 1.63. The van der Waals surface area contributed by atoms with E-state index in [0.717, 1.165) is 57.8 Å². The van der Waals surface area contributed by atoms with Crippen molar-refractivity contribution in [3.8, 4) is 0 Å². The molecule has 2 saturated heterocycles. The number of amides is 3. The number of aromatic nitrogens is 2. The van der Waals surface area contributed by atoms with Crippen LogP contribution in [-0.4, -0.2) is 114 Å². The smallest absolute Gasteiger partial charge is 0.319 e. The topological polar surface area (TPSA) is 82.1 Å². The lowest BCUT2D eigenvalue weighted by atomic mass is 10.0. The summed E-state index contributed by atoms with van der Waals surface area (Å²) in [6, 6.07) is 0.787. The Morgan fingerprint density at radius 3 is 2.43 bits per heavy atom. The summed E-state index contributed by atoms with van der Waals surface area (Å²) in [5.41, 5.74) is 1.15. The van der Waals surface area contributed by atoms with Crippen molar-refractivity contribution < 1.29 is 14.3 Å². The number of carbonyl (C=O) groups excluding carboxylic acids is 2. The first-order valence-corrected chi connectivity index (χ1v) is 10.7. The molecular weight excluding hydrogens is 384 g/mol. The molecule has 1 aromatic rings. The zero-order chi connectivity index (χ0) is 21.7. The van der Waals surface area contributed by atoms with Gasteiger partial charge in [-0.2, -0.15) is 0 Å². The summed E-state index contributed by atoms with van der Waals surface area (Å²) < 4.78 is 5.56. The number of hydrogen-bond acceptors (Lipinski definition) is 6. The van der Waals surface area contributed by atoms with Crippen molar-refractivity contribution in [2.24, 2.45) is 0 Å². The highest BCUT2D eigenvalue weighted by Gasteiger charge is 2.35. The van der Waals surface area contributed by atoms with Crippen LogP contribution in [0.5, 0.6) is 0 Å². The molecule has 0 bridgehead atoms. The van der Waals surface area contributed by atoms with Crippen LogP contribution in [0.15, 0.2) is 12.4 Å². The predicted octanol–water partition coefficient (Wildman–Crippen LogP) is 1.09. The Morgan fingerprint density at radius 2 is 1.80 bits per heavy atom. The Bertz CT molecular complexity index is 720. The first-order chi connectivity index (χ1) is 14.4. The normalized spacial score (nSPS) is 19.9. The van der Waals surface area contributed by atoms with Crippen molar-refractivity contribution in [3.05, 3.63) is 23.8 Å². The molecule has 9 heteroatoms. The van der Waals surface area contributed by atoms with E-state index < -0.39 is 0 Å². The second-order valence-corrected chi connectivity index (χ2v) is 8.42. The van der Waals surface area contributed by atoms with Crippen LogP contribution in [0.4, 0.5) is 4.79 Å².